The van der Waals surface area contributed by atoms with E-state index in [-0.39, 0.29) is 5.75 Å². The Kier molecular flexibility index (Phi) is 3.60. The summed E-state index contributed by atoms with van der Waals surface area (Å²) in [7, 11) is 0. The number of carbonyl (C=O) groups is 1. The van der Waals surface area contributed by atoms with E-state index in [1.54, 1.807) is 6.07 Å². The first-order chi connectivity index (χ1) is 7.56. The van der Waals surface area contributed by atoms with E-state index in [9.17, 15) is 4.79 Å². The van der Waals surface area contributed by atoms with Crippen LogP contribution < -0.4 is 0 Å². The summed E-state index contributed by atoms with van der Waals surface area (Å²) >= 11 is 9.25. The average Bonchev–Trinajstić information content (AvgIpc) is 2.58. The van der Waals surface area contributed by atoms with Gasteiger partial charge in [-0.15, -0.1) is 0 Å². The fourth-order valence-electron chi connectivity index (χ4n) is 1.18. The van der Waals surface area contributed by atoms with Gasteiger partial charge in [0.05, 0.1) is 21.8 Å². The van der Waals surface area contributed by atoms with Crippen molar-refractivity contribution in [2.24, 2.45) is 0 Å². The molecule has 2 aromatic rings. The molecule has 16 heavy (non-hydrogen) atoms. The summed E-state index contributed by atoms with van der Waals surface area (Å²) in [6.45, 7) is 0. The first-order valence-electron chi connectivity index (χ1n) is 4.25. The molecule has 4 nitrogen and oxygen atoms in total. The number of H-pyrrole nitrogens is 1. The highest BCUT2D eigenvalue weighted by atomic mass is 127. The molecule has 0 amide bonds. The molecular weight excluding hydrogens is 363 g/mol. The summed E-state index contributed by atoms with van der Waals surface area (Å²) in [6.07, 6.45) is 0. The maximum absolute atomic E-state index is 10.4. The van der Waals surface area contributed by atoms with Crippen molar-refractivity contribution in [1.82, 2.24) is 9.97 Å². The number of nitrogens with one attached hydrogen (secondary N) is 1. The number of imidazole rings is 1. The quantitative estimate of drug-likeness (QED) is 0.646. The summed E-state index contributed by atoms with van der Waals surface area (Å²) in [6, 6.07) is 3.65. The zero-order valence-electron chi connectivity index (χ0n) is 7.83. The molecule has 0 aliphatic rings. The second-order valence-corrected chi connectivity index (χ2v) is 5.54. The van der Waals surface area contributed by atoms with Crippen LogP contribution in [0.2, 0.25) is 5.02 Å². The van der Waals surface area contributed by atoms with E-state index >= 15 is 0 Å². The summed E-state index contributed by atoms with van der Waals surface area (Å²) in [5, 5.41) is 9.80. The number of carboxylic acids is 1. The highest BCUT2D eigenvalue weighted by molar-refractivity contribution is 14.1. The van der Waals surface area contributed by atoms with Crippen molar-refractivity contribution in [3.8, 4) is 0 Å². The summed E-state index contributed by atoms with van der Waals surface area (Å²) in [5.41, 5.74) is 1.61. The van der Waals surface area contributed by atoms with Gasteiger partial charge in [-0.2, -0.15) is 0 Å². The Morgan fingerprint density at radius 1 is 1.62 bits per heavy atom. The molecule has 0 spiro atoms. The first kappa shape index (κ1) is 12.0. The lowest BCUT2D eigenvalue weighted by atomic mass is 10.3. The molecule has 2 N–H and O–H groups in total. The van der Waals surface area contributed by atoms with E-state index in [0.717, 1.165) is 26.4 Å². The number of hydrogen-bond acceptors (Lipinski definition) is 3. The van der Waals surface area contributed by atoms with Gasteiger partial charge in [0, 0.05) is 3.57 Å². The van der Waals surface area contributed by atoms with E-state index in [2.05, 4.69) is 32.6 Å². The Hall–Kier alpha value is -0.470. The van der Waals surface area contributed by atoms with Crippen molar-refractivity contribution in [2.75, 3.05) is 5.75 Å². The molecule has 0 fully saturated rings. The third kappa shape index (κ3) is 2.61. The summed E-state index contributed by atoms with van der Waals surface area (Å²) < 4.78 is 0.924. The minimum atomic E-state index is -0.863. The molecular formula is C9H6ClIN2O2S. The molecule has 0 radical (unpaired) electrons. The SMILES string of the molecule is O=C(O)CSc1nc2cc(I)c(Cl)cc2[nH]1. The fourth-order valence-corrected chi connectivity index (χ4v) is 2.40. The van der Waals surface area contributed by atoms with Gasteiger partial charge in [-0.05, 0) is 34.7 Å². The van der Waals surface area contributed by atoms with Gasteiger partial charge >= 0.3 is 5.97 Å². The molecule has 0 atom stereocenters. The number of thioether (sulfide) groups is 1. The summed E-state index contributed by atoms with van der Waals surface area (Å²) in [5.74, 6) is -0.872. The Morgan fingerprint density at radius 2 is 2.38 bits per heavy atom. The van der Waals surface area contributed by atoms with Gasteiger partial charge in [0.2, 0.25) is 0 Å². The summed E-state index contributed by atoms with van der Waals surface area (Å²) in [4.78, 5) is 17.7. The topological polar surface area (TPSA) is 66.0 Å². The minimum Gasteiger partial charge on any atom is -0.481 e. The molecule has 1 aromatic carbocycles. The molecule has 84 valence electrons. The van der Waals surface area contributed by atoms with Crippen LogP contribution in [0.25, 0.3) is 11.0 Å². The highest BCUT2D eigenvalue weighted by Gasteiger charge is 2.08. The Bertz CT molecular complexity index is 519. The zero-order chi connectivity index (χ0) is 11.7. The van der Waals surface area contributed by atoms with Crippen LogP contribution in [0, 0.1) is 3.57 Å². The standard InChI is InChI=1S/C9H6ClIN2O2S/c10-4-1-6-7(2-5(4)11)13-9(12-6)16-3-8(14)15/h1-2H,3H2,(H,12,13)(H,14,15). The fraction of sp³-hybridized carbons (Fsp3) is 0.111. The third-order valence-corrected chi connectivity index (χ3v) is 4.22. The van der Waals surface area contributed by atoms with Crippen LogP contribution in [0.3, 0.4) is 0 Å². The number of hydrogen-bond donors (Lipinski definition) is 2. The molecule has 0 bridgehead atoms. The normalized spacial score (nSPS) is 10.9. The van der Waals surface area contributed by atoms with Gasteiger partial charge in [0.1, 0.15) is 0 Å². The number of rotatable bonds is 3. The van der Waals surface area contributed by atoms with E-state index < -0.39 is 5.97 Å². The van der Waals surface area contributed by atoms with Crippen LogP contribution in [0.5, 0.6) is 0 Å². The molecule has 2 rings (SSSR count). The largest absolute Gasteiger partial charge is 0.481 e. The molecule has 0 saturated heterocycles. The second kappa shape index (κ2) is 4.80. The van der Waals surface area contributed by atoms with E-state index in [1.165, 1.54) is 0 Å². The lowest BCUT2D eigenvalue weighted by molar-refractivity contribution is -0.133. The van der Waals surface area contributed by atoms with E-state index in [4.69, 9.17) is 16.7 Å². The van der Waals surface area contributed by atoms with E-state index in [1.807, 2.05) is 6.07 Å². The van der Waals surface area contributed by atoms with Crippen molar-refractivity contribution in [3.63, 3.8) is 0 Å². The van der Waals surface area contributed by atoms with Crippen LogP contribution in [0.4, 0.5) is 0 Å². The third-order valence-electron chi connectivity index (χ3n) is 1.83. The van der Waals surface area contributed by atoms with Crippen LogP contribution in [0.15, 0.2) is 17.3 Å². The lowest BCUT2D eigenvalue weighted by Crippen LogP contribution is -1.97. The van der Waals surface area contributed by atoms with Crippen LogP contribution in [0.1, 0.15) is 0 Å². The molecule has 0 aliphatic heterocycles. The molecule has 0 saturated carbocycles. The Labute approximate surface area is 114 Å². The number of nitrogens with zero attached hydrogens (tertiary/aromatic N) is 1. The van der Waals surface area contributed by atoms with Gasteiger partial charge in [0.25, 0.3) is 0 Å². The maximum atomic E-state index is 10.4. The minimum absolute atomic E-state index is 0.00928. The van der Waals surface area contributed by atoms with Gasteiger partial charge in [-0.25, -0.2) is 4.98 Å². The number of aliphatic carboxylic acids is 1. The first-order valence-corrected chi connectivity index (χ1v) is 6.70. The van der Waals surface area contributed by atoms with Gasteiger partial charge in [0.15, 0.2) is 5.16 Å². The Morgan fingerprint density at radius 3 is 3.06 bits per heavy atom. The lowest BCUT2D eigenvalue weighted by Gasteiger charge is -1.93. The molecule has 1 heterocycles. The number of aromatic amines is 1. The number of carboxylic acid groups (broad SMARTS) is 1. The van der Waals surface area contributed by atoms with Crippen LogP contribution in [-0.4, -0.2) is 26.8 Å². The number of halogens is 2. The monoisotopic (exact) mass is 368 g/mol. The van der Waals surface area contributed by atoms with Gasteiger partial charge in [-0.1, -0.05) is 23.4 Å². The van der Waals surface area contributed by atoms with Gasteiger partial charge in [-0.3, -0.25) is 4.79 Å². The van der Waals surface area contributed by atoms with Crippen molar-refractivity contribution in [2.45, 2.75) is 5.16 Å². The van der Waals surface area contributed by atoms with Crippen molar-refractivity contribution in [3.05, 3.63) is 20.7 Å². The number of aromatic nitrogens is 2. The average molecular weight is 369 g/mol. The van der Waals surface area contributed by atoms with Crippen molar-refractivity contribution >= 4 is 63.0 Å². The molecule has 7 heteroatoms. The molecule has 0 unspecified atom stereocenters. The maximum Gasteiger partial charge on any atom is 0.313 e. The molecule has 1 aromatic heterocycles. The van der Waals surface area contributed by atoms with Crippen molar-refractivity contribution in [1.29, 1.82) is 0 Å². The molecule has 0 aliphatic carbocycles. The number of benzene rings is 1. The predicted octanol–water partition coefficient (Wildman–Crippen LogP) is 3.00. The van der Waals surface area contributed by atoms with Crippen LogP contribution >= 0.6 is 46.0 Å². The van der Waals surface area contributed by atoms with Crippen molar-refractivity contribution < 1.29 is 9.90 Å². The Balaban J connectivity index is 2.33. The smallest absolute Gasteiger partial charge is 0.313 e. The van der Waals surface area contributed by atoms with Gasteiger partial charge < -0.3 is 10.1 Å². The number of fused-ring (bicyclic) bond motifs is 1. The predicted molar refractivity (Wildman–Crippen MR) is 72.2 cm³/mol. The zero-order valence-corrected chi connectivity index (χ0v) is 11.6. The highest BCUT2D eigenvalue weighted by Crippen LogP contribution is 2.26. The van der Waals surface area contributed by atoms with Crippen LogP contribution in [-0.2, 0) is 4.79 Å². The second-order valence-electron chi connectivity index (χ2n) is 3.01. The van der Waals surface area contributed by atoms with E-state index in [0.29, 0.717) is 10.2 Å².